The van der Waals surface area contributed by atoms with Crippen molar-refractivity contribution in [3.63, 3.8) is 0 Å². The number of alkyl halides is 3. The summed E-state index contributed by atoms with van der Waals surface area (Å²) in [4.78, 5) is 5.85. The van der Waals surface area contributed by atoms with Gasteiger partial charge in [-0.05, 0) is 41.8 Å². The second-order valence-corrected chi connectivity index (χ2v) is 6.92. The molecule has 1 nitrogen and oxygen atoms in total. The highest BCUT2D eigenvalue weighted by atomic mass is 32.1. The predicted octanol–water partition coefficient (Wildman–Crippen LogP) is 5.71. The van der Waals surface area contributed by atoms with Crippen molar-refractivity contribution >= 4 is 11.3 Å². The highest BCUT2D eigenvalue weighted by Crippen LogP contribution is 2.41. The zero-order valence-corrected chi connectivity index (χ0v) is 13.1. The Morgan fingerprint density at radius 3 is 2.39 bits per heavy atom. The number of halogens is 3. The van der Waals surface area contributed by atoms with E-state index in [4.69, 9.17) is 0 Å². The molecule has 0 saturated heterocycles. The van der Waals surface area contributed by atoms with Crippen molar-refractivity contribution in [3.05, 3.63) is 63.5 Å². The standard InChI is InChI=1S/C18H12F3NS/c1-10-22-17-15-8-12(2-3-13(15)9-16(17)23-10)11-4-6-14(7-5-11)18(19,20)21/h2-8H,9H2,1H3. The maximum atomic E-state index is 12.7. The number of nitrogens with zero attached hydrogens (tertiary/aromatic N) is 1. The lowest BCUT2D eigenvalue weighted by atomic mass is 9.99. The number of hydrogen-bond donors (Lipinski definition) is 0. The van der Waals surface area contributed by atoms with Crippen LogP contribution in [-0.4, -0.2) is 4.98 Å². The Kier molecular flexibility index (Phi) is 3.10. The summed E-state index contributed by atoms with van der Waals surface area (Å²) in [5.41, 5.74) is 4.42. The van der Waals surface area contributed by atoms with Crippen molar-refractivity contribution in [3.8, 4) is 22.4 Å². The van der Waals surface area contributed by atoms with E-state index in [9.17, 15) is 13.2 Å². The van der Waals surface area contributed by atoms with Crippen LogP contribution in [0.25, 0.3) is 22.4 Å². The first-order valence-corrected chi connectivity index (χ1v) is 8.01. The maximum absolute atomic E-state index is 12.7. The van der Waals surface area contributed by atoms with Crippen LogP contribution in [0.1, 0.15) is 21.0 Å². The molecule has 23 heavy (non-hydrogen) atoms. The van der Waals surface area contributed by atoms with Gasteiger partial charge in [-0.15, -0.1) is 11.3 Å². The number of thiazole rings is 1. The SMILES string of the molecule is Cc1nc2c(s1)Cc1ccc(-c3ccc(C(F)(F)F)cc3)cc1-2. The van der Waals surface area contributed by atoms with Crippen LogP contribution in [0.2, 0.25) is 0 Å². The van der Waals surface area contributed by atoms with E-state index in [1.54, 1.807) is 11.3 Å². The van der Waals surface area contributed by atoms with Gasteiger partial charge in [0.15, 0.2) is 0 Å². The molecule has 4 rings (SSSR count). The van der Waals surface area contributed by atoms with Crippen LogP contribution in [0.4, 0.5) is 13.2 Å². The van der Waals surface area contributed by atoms with Crippen molar-refractivity contribution in [1.29, 1.82) is 0 Å². The Balaban J connectivity index is 1.75. The molecule has 0 fully saturated rings. The quantitative estimate of drug-likeness (QED) is 0.435. The molecule has 0 spiro atoms. The summed E-state index contributed by atoms with van der Waals surface area (Å²) >= 11 is 1.70. The van der Waals surface area contributed by atoms with E-state index >= 15 is 0 Å². The third-order valence-corrected chi connectivity index (χ3v) is 5.04. The molecule has 0 amide bonds. The molecule has 1 aliphatic rings. The average Bonchev–Trinajstić information content (AvgIpc) is 3.02. The van der Waals surface area contributed by atoms with E-state index in [1.807, 2.05) is 25.1 Å². The zero-order chi connectivity index (χ0) is 16.2. The predicted molar refractivity (Wildman–Crippen MR) is 85.5 cm³/mol. The third-order valence-electron chi connectivity index (χ3n) is 4.07. The molecule has 5 heteroatoms. The Hall–Kier alpha value is -2.14. The lowest BCUT2D eigenvalue weighted by Crippen LogP contribution is -2.03. The summed E-state index contributed by atoms with van der Waals surface area (Å²) in [5.74, 6) is 0. The molecule has 1 aliphatic carbocycles. The summed E-state index contributed by atoms with van der Waals surface area (Å²) in [6.07, 6.45) is -3.41. The average molecular weight is 331 g/mol. The lowest BCUT2D eigenvalue weighted by Gasteiger charge is -2.09. The Morgan fingerprint density at radius 2 is 1.70 bits per heavy atom. The third kappa shape index (κ3) is 2.45. The number of benzene rings is 2. The Bertz CT molecular complexity index is 892. The number of fused-ring (bicyclic) bond motifs is 3. The minimum absolute atomic E-state index is 0.625. The monoisotopic (exact) mass is 331 g/mol. The zero-order valence-electron chi connectivity index (χ0n) is 12.2. The Labute approximate surface area is 135 Å². The number of aromatic nitrogens is 1. The summed E-state index contributed by atoms with van der Waals surface area (Å²) in [6, 6.07) is 11.3. The summed E-state index contributed by atoms with van der Waals surface area (Å²) in [7, 11) is 0. The second-order valence-electron chi connectivity index (χ2n) is 5.63. The van der Waals surface area contributed by atoms with Crippen molar-refractivity contribution in [1.82, 2.24) is 4.98 Å². The fourth-order valence-corrected chi connectivity index (χ4v) is 3.93. The highest BCUT2D eigenvalue weighted by Gasteiger charge is 2.30. The molecule has 0 N–H and O–H groups in total. The van der Waals surface area contributed by atoms with Gasteiger partial charge in [-0.3, -0.25) is 0 Å². The van der Waals surface area contributed by atoms with E-state index in [1.165, 1.54) is 22.6 Å². The van der Waals surface area contributed by atoms with Gasteiger partial charge in [0.05, 0.1) is 16.3 Å². The smallest absolute Gasteiger partial charge is 0.241 e. The molecule has 0 bridgehead atoms. The minimum Gasteiger partial charge on any atom is -0.241 e. The minimum atomic E-state index is -4.30. The molecular formula is C18H12F3NS. The van der Waals surface area contributed by atoms with Crippen LogP contribution in [0.15, 0.2) is 42.5 Å². The molecule has 0 atom stereocenters. The van der Waals surface area contributed by atoms with Gasteiger partial charge in [-0.2, -0.15) is 13.2 Å². The normalized spacial score (nSPS) is 13.0. The summed E-state index contributed by atoms with van der Waals surface area (Å²) in [6.45, 7) is 1.99. The van der Waals surface area contributed by atoms with Gasteiger partial charge in [-0.25, -0.2) is 4.98 Å². The van der Waals surface area contributed by atoms with Crippen molar-refractivity contribution in [2.45, 2.75) is 19.5 Å². The van der Waals surface area contributed by atoms with Gasteiger partial charge in [0.1, 0.15) is 0 Å². The summed E-state index contributed by atoms with van der Waals surface area (Å²) in [5, 5.41) is 1.04. The second kappa shape index (κ2) is 4.93. The van der Waals surface area contributed by atoms with E-state index < -0.39 is 11.7 Å². The first-order chi connectivity index (χ1) is 10.9. The van der Waals surface area contributed by atoms with Gasteiger partial charge < -0.3 is 0 Å². The molecular weight excluding hydrogens is 319 g/mol. The fourth-order valence-electron chi connectivity index (χ4n) is 2.95. The Morgan fingerprint density at radius 1 is 1.00 bits per heavy atom. The molecule has 3 aromatic rings. The van der Waals surface area contributed by atoms with Crippen LogP contribution in [-0.2, 0) is 12.6 Å². The highest BCUT2D eigenvalue weighted by molar-refractivity contribution is 7.12. The molecule has 0 saturated carbocycles. The largest absolute Gasteiger partial charge is 0.416 e. The molecule has 1 aromatic heterocycles. The topological polar surface area (TPSA) is 12.9 Å². The van der Waals surface area contributed by atoms with Gasteiger partial charge in [0.2, 0.25) is 0 Å². The van der Waals surface area contributed by atoms with E-state index in [2.05, 4.69) is 4.98 Å². The van der Waals surface area contributed by atoms with Crippen molar-refractivity contribution in [2.75, 3.05) is 0 Å². The number of hydrogen-bond acceptors (Lipinski definition) is 2. The molecule has 0 aliphatic heterocycles. The lowest BCUT2D eigenvalue weighted by molar-refractivity contribution is -0.137. The molecule has 1 heterocycles. The van der Waals surface area contributed by atoms with Gasteiger partial charge >= 0.3 is 6.18 Å². The van der Waals surface area contributed by atoms with E-state index in [0.717, 1.165) is 45.9 Å². The fraction of sp³-hybridized carbons (Fsp3) is 0.167. The number of rotatable bonds is 1. The maximum Gasteiger partial charge on any atom is 0.416 e. The van der Waals surface area contributed by atoms with Gasteiger partial charge in [-0.1, -0.05) is 24.3 Å². The molecule has 0 unspecified atom stereocenters. The van der Waals surface area contributed by atoms with Crippen LogP contribution < -0.4 is 0 Å². The van der Waals surface area contributed by atoms with Crippen LogP contribution in [0.3, 0.4) is 0 Å². The van der Waals surface area contributed by atoms with Crippen molar-refractivity contribution in [2.24, 2.45) is 0 Å². The van der Waals surface area contributed by atoms with Gasteiger partial charge in [0, 0.05) is 16.9 Å². The summed E-state index contributed by atoms with van der Waals surface area (Å²) < 4.78 is 38.0. The van der Waals surface area contributed by atoms with Gasteiger partial charge in [0.25, 0.3) is 0 Å². The van der Waals surface area contributed by atoms with Crippen LogP contribution >= 0.6 is 11.3 Å². The molecule has 0 radical (unpaired) electrons. The first-order valence-electron chi connectivity index (χ1n) is 7.19. The van der Waals surface area contributed by atoms with Crippen LogP contribution in [0, 0.1) is 6.92 Å². The number of aryl methyl sites for hydroxylation is 1. The van der Waals surface area contributed by atoms with Crippen molar-refractivity contribution < 1.29 is 13.2 Å². The molecule has 116 valence electrons. The van der Waals surface area contributed by atoms with Crippen LogP contribution in [0.5, 0.6) is 0 Å². The molecule has 2 aromatic carbocycles. The van der Waals surface area contributed by atoms with E-state index in [0.29, 0.717) is 0 Å². The first kappa shape index (κ1) is 14.5. The van der Waals surface area contributed by atoms with E-state index in [-0.39, 0.29) is 0 Å².